The number of imide groups is 1. The van der Waals surface area contributed by atoms with E-state index in [4.69, 9.17) is 0 Å². The van der Waals surface area contributed by atoms with Crippen molar-refractivity contribution in [2.75, 3.05) is 29.2 Å². The molecule has 4 rings (SSSR count). The molecular formula is C24H18F3N3O2. The molecule has 0 fully saturated rings. The summed E-state index contributed by atoms with van der Waals surface area (Å²) in [5.41, 5.74) is 1.38. The van der Waals surface area contributed by atoms with Gasteiger partial charge in [0.15, 0.2) is 11.6 Å². The van der Waals surface area contributed by atoms with Gasteiger partial charge in [-0.1, -0.05) is 18.2 Å². The van der Waals surface area contributed by atoms with Crippen LogP contribution in [0.4, 0.5) is 30.2 Å². The van der Waals surface area contributed by atoms with E-state index < -0.39 is 29.3 Å². The molecule has 0 aliphatic carbocycles. The Bertz CT molecular complexity index is 1250. The maximum atomic E-state index is 13.7. The number of hydrogen-bond acceptors (Lipinski definition) is 4. The topological polar surface area (TPSA) is 52.6 Å². The maximum Gasteiger partial charge on any atom is 0.282 e. The van der Waals surface area contributed by atoms with Crippen molar-refractivity contribution in [1.29, 1.82) is 0 Å². The first-order chi connectivity index (χ1) is 15.3. The average molecular weight is 437 g/mol. The Kier molecular flexibility index (Phi) is 5.44. The molecule has 3 aromatic carbocycles. The summed E-state index contributed by atoms with van der Waals surface area (Å²) >= 11 is 0. The fraction of sp³-hybridized carbons (Fsp3) is 0.0833. The van der Waals surface area contributed by atoms with Gasteiger partial charge in [0.1, 0.15) is 11.5 Å². The first-order valence-electron chi connectivity index (χ1n) is 9.64. The molecule has 0 spiro atoms. The molecule has 8 heteroatoms. The van der Waals surface area contributed by atoms with Crippen molar-refractivity contribution in [2.24, 2.45) is 0 Å². The highest BCUT2D eigenvalue weighted by Gasteiger charge is 2.40. The molecule has 2 amide bonds. The second-order valence-electron chi connectivity index (χ2n) is 7.37. The number of halogens is 3. The molecule has 0 radical (unpaired) electrons. The van der Waals surface area contributed by atoms with E-state index in [1.165, 1.54) is 30.3 Å². The van der Waals surface area contributed by atoms with Gasteiger partial charge in [-0.25, -0.2) is 18.1 Å². The van der Waals surface area contributed by atoms with Crippen LogP contribution in [0, 0.1) is 17.5 Å². The van der Waals surface area contributed by atoms with Gasteiger partial charge in [0.05, 0.1) is 11.3 Å². The van der Waals surface area contributed by atoms with Gasteiger partial charge >= 0.3 is 0 Å². The molecule has 0 unspecified atom stereocenters. The lowest BCUT2D eigenvalue weighted by atomic mass is 10.0. The van der Waals surface area contributed by atoms with Crippen LogP contribution in [0.1, 0.15) is 5.56 Å². The van der Waals surface area contributed by atoms with Crippen LogP contribution in [0.3, 0.4) is 0 Å². The second-order valence-corrected chi connectivity index (χ2v) is 7.37. The molecule has 1 aliphatic rings. The molecule has 5 nitrogen and oxygen atoms in total. The Labute approximate surface area is 182 Å². The van der Waals surface area contributed by atoms with Gasteiger partial charge < -0.3 is 10.2 Å². The first-order valence-corrected chi connectivity index (χ1v) is 9.64. The van der Waals surface area contributed by atoms with Crippen LogP contribution in [0.5, 0.6) is 0 Å². The fourth-order valence-electron chi connectivity index (χ4n) is 3.39. The number of carbonyl (C=O) groups excluding carboxylic acids is 2. The molecule has 3 aromatic rings. The van der Waals surface area contributed by atoms with E-state index in [1.54, 1.807) is 18.2 Å². The van der Waals surface area contributed by atoms with Crippen LogP contribution < -0.4 is 15.1 Å². The van der Waals surface area contributed by atoms with Crippen LogP contribution in [-0.4, -0.2) is 25.9 Å². The maximum absolute atomic E-state index is 13.7. The standard InChI is InChI=1S/C24H18F3N3O2/c1-29(2)17-4-3-5-18(13-17)30-23(31)21(14-6-8-15(25)9-7-14)22(24(30)32)28-16-10-11-19(26)20(27)12-16/h3-13,28H,1-2H3. The zero-order valence-corrected chi connectivity index (χ0v) is 17.2. The summed E-state index contributed by atoms with van der Waals surface area (Å²) in [6, 6.07) is 15.0. The van der Waals surface area contributed by atoms with Gasteiger partial charge in [0.25, 0.3) is 11.8 Å². The summed E-state index contributed by atoms with van der Waals surface area (Å²) in [7, 11) is 3.65. The molecule has 1 heterocycles. The molecule has 1 N–H and O–H groups in total. The van der Waals surface area contributed by atoms with Crippen molar-refractivity contribution in [1.82, 2.24) is 0 Å². The van der Waals surface area contributed by atoms with E-state index in [1.807, 2.05) is 25.1 Å². The van der Waals surface area contributed by atoms with Crippen molar-refractivity contribution in [3.05, 3.63) is 95.4 Å². The summed E-state index contributed by atoms with van der Waals surface area (Å²) in [5, 5.41) is 2.75. The number of carbonyl (C=O) groups is 2. The molecular weight excluding hydrogens is 419 g/mol. The smallest absolute Gasteiger partial charge is 0.282 e. The van der Waals surface area contributed by atoms with E-state index in [2.05, 4.69) is 5.32 Å². The van der Waals surface area contributed by atoms with Gasteiger partial charge in [-0.2, -0.15) is 0 Å². The normalized spacial score (nSPS) is 13.7. The highest BCUT2D eigenvalue weighted by molar-refractivity contribution is 6.46. The minimum absolute atomic E-state index is 0.00464. The summed E-state index contributed by atoms with van der Waals surface area (Å²) in [4.78, 5) is 29.5. The molecule has 162 valence electrons. The zero-order valence-electron chi connectivity index (χ0n) is 17.2. The lowest BCUT2D eigenvalue weighted by Gasteiger charge is -2.19. The monoisotopic (exact) mass is 437 g/mol. The lowest BCUT2D eigenvalue weighted by molar-refractivity contribution is -0.120. The third kappa shape index (κ3) is 3.82. The van der Waals surface area contributed by atoms with Crippen LogP contribution in [0.15, 0.2) is 72.4 Å². The van der Waals surface area contributed by atoms with Crippen LogP contribution in [0.2, 0.25) is 0 Å². The van der Waals surface area contributed by atoms with Crippen LogP contribution in [-0.2, 0) is 9.59 Å². The number of rotatable bonds is 5. The summed E-state index contributed by atoms with van der Waals surface area (Å²) in [6.45, 7) is 0. The largest absolute Gasteiger partial charge is 0.378 e. The quantitative estimate of drug-likeness (QED) is 0.595. The van der Waals surface area contributed by atoms with E-state index in [9.17, 15) is 22.8 Å². The predicted octanol–water partition coefficient (Wildman–Crippen LogP) is 4.57. The molecule has 1 aliphatic heterocycles. The summed E-state index contributed by atoms with van der Waals surface area (Å²) in [6.07, 6.45) is 0. The van der Waals surface area contributed by atoms with Crippen LogP contribution >= 0.6 is 0 Å². The van der Waals surface area contributed by atoms with Crippen molar-refractivity contribution in [3.63, 3.8) is 0 Å². The van der Waals surface area contributed by atoms with Crippen molar-refractivity contribution >= 4 is 34.4 Å². The van der Waals surface area contributed by atoms with Gasteiger partial charge in [-0.3, -0.25) is 9.59 Å². The average Bonchev–Trinajstić information content (AvgIpc) is 3.01. The third-order valence-corrected chi connectivity index (χ3v) is 5.01. The van der Waals surface area contributed by atoms with Crippen LogP contribution in [0.25, 0.3) is 5.57 Å². The highest BCUT2D eigenvalue weighted by atomic mass is 19.2. The van der Waals surface area contributed by atoms with Gasteiger partial charge in [-0.05, 0) is 48.0 Å². The Morgan fingerprint density at radius 1 is 0.812 bits per heavy atom. The number of nitrogens with one attached hydrogen (secondary N) is 1. The highest BCUT2D eigenvalue weighted by Crippen LogP contribution is 2.35. The molecule has 0 atom stereocenters. The Hall–Kier alpha value is -4.07. The van der Waals surface area contributed by atoms with Gasteiger partial charge in [-0.15, -0.1) is 0 Å². The molecule has 32 heavy (non-hydrogen) atoms. The summed E-state index contributed by atoms with van der Waals surface area (Å²) in [5.74, 6) is -3.94. The number of nitrogens with zero attached hydrogens (tertiary/aromatic N) is 2. The lowest BCUT2D eigenvalue weighted by Crippen LogP contribution is -2.32. The Morgan fingerprint density at radius 3 is 2.19 bits per heavy atom. The molecule has 0 saturated heterocycles. The van der Waals surface area contributed by atoms with E-state index in [-0.39, 0.29) is 17.0 Å². The van der Waals surface area contributed by atoms with E-state index >= 15 is 0 Å². The SMILES string of the molecule is CN(C)c1cccc(N2C(=O)C(Nc3ccc(F)c(F)c3)=C(c3ccc(F)cc3)C2=O)c1. The minimum atomic E-state index is -1.11. The zero-order chi connectivity index (χ0) is 23.0. The summed E-state index contributed by atoms with van der Waals surface area (Å²) < 4.78 is 40.5. The minimum Gasteiger partial charge on any atom is -0.378 e. The fourth-order valence-corrected chi connectivity index (χ4v) is 3.39. The Balaban J connectivity index is 1.82. The molecule has 0 bridgehead atoms. The van der Waals surface area contributed by atoms with Crippen molar-refractivity contribution in [3.8, 4) is 0 Å². The number of benzene rings is 3. The number of hydrogen-bond donors (Lipinski definition) is 1. The van der Waals surface area contributed by atoms with Crippen molar-refractivity contribution < 1.29 is 22.8 Å². The number of anilines is 3. The van der Waals surface area contributed by atoms with E-state index in [0.717, 1.165) is 22.7 Å². The first kappa shape index (κ1) is 21.2. The number of amides is 2. The van der Waals surface area contributed by atoms with Gasteiger partial charge in [0, 0.05) is 31.5 Å². The predicted molar refractivity (Wildman–Crippen MR) is 117 cm³/mol. The second kappa shape index (κ2) is 8.22. The Morgan fingerprint density at radius 2 is 1.53 bits per heavy atom. The third-order valence-electron chi connectivity index (χ3n) is 5.01. The molecule has 0 saturated carbocycles. The molecule has 0 aromatic heterocycles. The van der Waals surface area contributed by atoms with E-state index in [0.29, 0.717) is 11.3 Å². The van der Waals surface area contributed by atoms with Gasteiger partial charge in [0.2, 0.25) is 0 Å². The van der Waals surface area contributed by atoms with Crippen molar-refractivity contribution in [2.45, 2.75) is 0 Å².